The lowest BCUT2D eigenvalue weighted by atomic mass is 10.1. The molecule has 8 nitrogen and oxygen atoms in total. The molecule has 0 aliphatic heterocycles. The molecule has 2 aromatic carbocycles. The lowest BCUT2D eigenvalue weighted by Gasteiger charge is -2.13. The summed E-state index contributed by atoms with van der Waals surface area (Å²) in [6, 6.07) is 12.6. The average molecular weight is 421 g/mol. The zero-order valence-electron chi connectivity index (χ0n) is 16.4. The lowest BCUT2D eigenvalue weighted by Crippen LogP contribution is -2.27. The van der Waals surface area contributed by atoms with Crippen molar-refractivity contribution in [2.75, 3.05) is 24.2 Å². The highest BCUT2D eigenvalue weighted by Gasteiger charge is 2.20. The van der Waals surface area contributed by atoms with Crippen molar-refractivity contribution >= 4 is 27.5 Å². The third-order valence-electron chi connectivity index (χ3n) is 3.64. The van der Waals surface area contributed by atoms with E-state index in [0.29, 0.717) is 23.8 Å². The topological polar surface area (TPSA) is 108 Å². The van der Waals surface area contributed by atoms with Gasteiger partial charge in [-0.15, -0.1) is 0 Å². The highest BCUT2D eigenvalue weighted by atomic mass is 32.2. The number of anilines is 1. The van der Waals surface area contributed by atoms with Gasteiger partial charge in [-0.1, -0.05) is 0 Å². The van der Waals surface area contributed by atoms with E-state index in [-0.39, 0.29) is 12.2 Å². The Morgan fingerprint density at radius 2 is 1.52 bits per heavy atom. The van der Waals surface area contributed by atoms with Crippen LogP contribution in [0.15, 0.2) is 48.5 Å². The molecule has 0 aromatic heterocycles. The summed E-state index contributed by atoms with van der Waals surface area (Å²) in [5.41, 5.74) is 0.620. The number of benzene rings is 2. The summed E-state index contributed by atoms with van der Waals surface area (Å²) in [6.45, 7) is 3.54. The largest absolute Gasteiger partial charge is 0.494 e. The molecule has 0 radical (unpaired) electrons. The number of sulfonamides is 1. The molecule has 0 fully saturated rings. The molecule has 0 aliphatic rings. The SMILES string of the molecule is CCOc1ccc(OCC(=O)O[C@H](C)C(=O)c2ccc(NS(C)(=O)=O)cc2)cc1. The molecule has 0 spiro atoms. The van der Waals surface area contributed by atoms with E-state index in [1.165, 1.54) is 31.2 Å². The van der Waals surface area contributed by atoms with Crippen LogP contribution in [-0.4, -0.2) is 45.7 Å². The Morgan fingerprint density at radius 1 is 0.966 bits per heavy atom. The minimum Gasteiger partial charge on any atom is -0.494 e. The Kier molecular flexibility index (Phi) is 7.60. The fraction of sp³-hybridized carbons (Fsp3) is 0.300. The van der Waals surface area contributed by atoms with E-state index in [4.69, 9.17) is 14.2 Å². The van der Waals surface area contributed by atoms with Crippen molar-refractivity contribution in [3.63, 3.8) is 0 Å². The van der Waals surface area contributed by atoms with Gasteiger partial charge in [-0.2, -0.15) is 0 Å². The number of ether oxygens (including phenoxy) is 3. The third-order valence-corrected chi connectivity index (χ3v) is 4.25. The Balaban J connectivity index is 1.85. The van der Waals surface area contributed by atoms with E-state index < -0.39 is 27.9 Å². The van der Waals surface area contributed by atoms with E-state index in [1.807, 2.05) is 6.92 Å². The average Bonchev–Trinajstić information content (AvgIpc) is 2.66. The molecule has 0 saturated carbocycles. The summed E-state index contributed by atoms with van der Waals surface area (Å²) in [6.07, 6.45) is 0.0170. The van der Waals surface area contributed by atoms with Crippen LogP contribution in [0.4, 0.5) is 5.69 Å². The maximum atomic E-state index is 12.4. The number of nitrogens with one attached hydrogen (secondary N) is 1. The van der Waals surface area contributed by atoms with Crippen LogP contribution in [0.3, 0.4) is 0 Å². The van der Waals surface area contributed by atoms with E-state index in [1.54, 1.807) is 24.3 Å². The van der Waals surface area contributed by atoms with Gasteiger partial charge in [0.15, 0.2) is 12.7 Å². The minimum atomic E-state index is -3.40. The van der Waals surface area contributed by atoms with Gasteiger partial charge in [0.25, 0.3) is 0 Å². The molecule has 156 valence electrons. The van der Waals surface area contributed by atoms with Gasteiger partial charge in [-0.3, -0.25) is 9.52 Å². The molecule has 2 rings (SSSR count). The maximum Gasteiger partial charge on any atom is 0.344 e. The van der Waals surface area contributed by atoms with Gasteiger partial charge in [0, 0.05) is 11.3 Å². The first kappa shape index (κ1) is 22.2. The Labute approximate surface area is 169 Å². The van der Waals surface area contributed by atoms with Gasteiger partial charge in [-0.25, -0.2) is 13.2 Å². The summed E-state index contributed by atoms with van der Waals surface area (Å²) in [4.78, 5) is 24.3. The van der Waals surface area contributed by atoms with E-state index >= 15 is 0 Å². The third kappa shape index (κ3) is 7.46. The van der Waals surface area contributed by atoms with Crippen LogP contribution in [0.5, 0.6) is 11.5 Å². The van der Waals surface area contributed by atoms with Gasteiger partial charge in [0.1, 0.15) is 11.5 Å². The second kappa shape index (κ2) is 9.92. The van der Waals surface area contributed by atoms with Crippen molar-refractivity contribution in [2.24, 2.45) is 0 Å². The molecule has 1 atom stereocenters. The molecule has 0 unspecified atom stereocenters. The van der Waals surface area contributed by atoms with Crippen LogP contribution in [0.2, 0.25) is 0 Å². The van der Waals surface area contributed by atoms with Gasteiger partial charge in [0.05, 0.1) is 12.9 Å². The molecule has 9 heteroatoms. The van der Waals surface area contributed by atoms with Crippen LogP contribution >= 0.6 is 0 Å². The predicted octanol–water partition coefficient (Wildman–Crippen LogP) is 2.65. The number of rotatable bonds is 10. The predicted molar refractivity (Wildman–Crippen MR) is 108 cm³/mol. The molecule has 0 bridgehead atoms. The second-order valence-electron chi connectivity index (χ2n) is 6.14. The van der Waals surface area contributed by atoms with Crippen LogP contribution in [0.25, 0.3) is 0 Å². The lowest BCUT2D eigenvalue weighted by molar-refractivity contribution is -0.148. The summed E-state index contributed by atoms with van der Waals surface area (Å²) in [7, 11) is -3.40. The number of esters is 1. The van der Waals surface area contributed by atoms with Crippen molar-refractivity contribution in [1.29, 1.82) is 0 Å². The monoisotopic (exact) mass is 421 g/mol. The number of hydrogen-bond donors (Lipinski definition) is 1. The van der Waals surface area contributed by atoms with Gasteiger partial charge in [-0.05, 0) is 62.4 Å². The van der Waals surface area contributed by atoms with Crippen LogP contribution < -0.4 is 14.2 Å². The minimum absolute atomic E-state index is 0.289. The van der Waals surface area contributed by atoms with Gasteiger partial charge >= 0.3 is 5.97 Å². The quantitative estimate of drug-likeness (QED) is 0.464. The highest BCUT2D eigenvalue weighted by molar-refractivity contribution is 7.92. The Morgan fingerprint density at radius 3 is 2.03 bits per heavy atom. The van der Waals surface area contributed by atoms with Crippen LogP contribution in [0, 0.1) is 0 Å². The summed E-state index contributed by atoms with van der Waals surface area (Å²) in [5.74, 6) is 0.0677. The second-order valence-corrected chi connectivity index (χ2v) is 7.89. The smallest absolute Gasteiger partial charge is 0.344 e. The standard InChI is InChI=1S/C20H23NO7S/c1-4-26-17-9-11-18(12-10-17)27-13-19(22)28-14(2)20(23)15-5-7-16(8-6-15)21-29(3,24)25/h5-12,14,21H,4,13H2,1-3H3/t14-/m1/s1. The molecule has 2 aromatic rings. The fourth-order valence-corrected chi connectivity index (χ4v) is 2.94. The Hall–Kier alpha value is -3.07. The maximum absolute atomic E-state index is 12.4. The first-order chi connectivity index (χ1) is 13.7. The molecule has 0 heterocycles. The number of ketones is 1. The van der Waals surface area contributed by atoms with Crippen molar-refractivity contribution < 1.29 is 32.2 Å². The number of hydrogen-bond acceptors (Lipinski definition) is 7. The van der Waals surface area contributed by atoms with Gasteiger partial charge in [0.2, 0.25) is 15.8 Å². The molecule has 0 saturated heterocycles. The van der Waals surface area contributed by atoms with Crippen molar-refractivity contribution in [3.05, 3.63) is 54.1 Å². The van der Waals surface area contributed by atoms with Crippen LogP contribution in [-0.2, 0) is 19.6 Å². The molecule has 29 heavy (non-hydrogen) atoms. The number of Topliss-reactive ketones (excluding diaryl/α,β-unsaturated/α-hetero) is 1. The zero-order valence-corrected chi connectivity index (χ0v) is 17.2. The zero-order chi connectivity index (χ0) is 21.4. The summed E-state index contributed by atoms with van der Waals surface area (Å²) >= 11 is 0. The normalized spacial score (nSPS) is 12.0. The summed E-state index contributed by atoms with van der Waals surface area (Å²) < 4.78 is 40.5. The van der Waals surface area contributed by atoms with E-state index in [0.717, 1.165) is 6.26 Å². The molecule has 0 amide bonds. The van der Waals surface area contributed by atoms with Crippen molar-refractivity contribution in [2.45, 2.75) is 20.0 Å². The molecular weight excluding hydrogens is 398 g/mol. The van der Waals surface area contributed by atoms with E-state index in [2.05, 4.69) is 4.72 Å². The first-order valence-corrected chi connectivity index (χ1v) is 10.7. The Bertz CT molecular complexity index is 938. The molecule has 1 N–H and O–H groups in total. The first-order valence-electron chi connectivity index (χ1n) is 8.85. The van der Waals surface area contributed by atoms with E-state index in [9.17, 15) is 18.0 Å². The fourth-order valence-electron chi connectivity index (χ4n) is 2.38. The highest BCUT2D eigenvalue weighted by Crippen LogP contribution is 2.18. The van der Waals surface area contributed by atoms with Crippen molar-refractivity contribution in [3.8, 4) is 11.5 Å². The number of carbonyl (C=O) groups is 2. The summed E-state index contributed by atoms with van der Waals surface area (Å²) in [5, 5.41) is 0. The van der Waals surface area contributed by atoms with Crippen LogP contribution in [0.1, 0.15) is 24.2 Å². The van der Waals surface area contributed by atoms with Gasteiger partial charge < -0.3 is 14.2 Å². The number of carbonyl (C=O) groups excluding carboxylic acids is 2. The molecule has 0 aliphatic carbocycles. The van der Waals surface area contributed by atoms with Crippen molar-refractivity contribution in [1.82, 2.24) is 0 Å². The molecular formula is C20H23NO7S.